The lowest BCUT2D eigenvalue weighted by atomic mass is 10.2. The molecular formula is C16H17NO3S2. The summed E-state index contributed by atoms with van der Waals surface area (Å²) in [5.74, 6) is 0. The van der Waals surface area contributed by atoms with Gasteiger partial charge in [0.15, 0.2) is 0 Å². The zero-order valence-electron chi connectivity index (χ0n) is 12.4. The lowest BCUT2D eigenvalue weighted by Gasteiger charge is -2.34. The van der Waals surface area contributed by atoms with E-state index in [4.69, 9.17) is 4.18 Å². The summed E-state index contributed by atoms with van der Waals surface area (Å²) < 4.78 is 27.8. The Morgan fingerprint density at radius 3 is 2.05 bits per heavy atom. The van der Waals surface area contributed by atoms with Crippen molar-refractivity contribution in [1.82, 2.24) is 0 Å². The predicted octanol–water partition coefficient (Wildman–Crippen LogP) is 3.65. The van der Waals surface area contributed by atoms with Gasteiger partial charge in [-0.15, -0.1) is 0 Å². The van der Waals surface area contributed by atoms with Crippen molar-refractivity contribution in [3.05, 3.63) is 48.5 Å². The molecule has 0 aromatic heterocycles. The quantitative estimate of drug-likeness (QED) is 0.798. The van der Waals surface area contributed by atoms with Crippen LogP contribution in [0.4, 0.5) is 11.4 Å². The van der Waals surface area contributed by atoms with Gasteiger partial charge in [-0.3, -0.25) is 4.18 Å². The Bertz CT molecular complexity index is 744. The first-order valence-electron chi connectivity index (χ1n) is 6.96. The average Bonchev–Trinajstić information content (AvgIpc) is 2.45. The summed E-state index contributed by atoms with van der Waals surface area (Å²) in [6.07, 6.45) is 0.650. The second kappa shape index (κ2) is 5.95. The number of rotatable bonds is 4. The summed E-state index contributed by atoms with van der Waals surface area (Å²) in [6.45, 7) is 2.25. The number of benzene rings is 2. The number of anilines is 2. The van der Waals surface area contributed by atoms with E-state index < -0.39 is 16.2 Å². The largest absolute Gasteiger partial charge is 0.337 e. The maximum Gasteiger partial charge on any atom is 0.264 e. The summed E-state index contributed by atoms with van der Waals surface area (Å²) in [5.41, 5.74) is 2.16. The Kier molecular flexibility index (Phi) is 4.16. The van der Waals surface area contributed by atoms with Crippen LogP contribution in [0.15, 0.2) is 58.3 Å². The molecule has 116 valence electrons. The SMILES string of the molecule is CC(CN1c2ccccc2Sc2ccccc21)OS(C)(=O)=O. The maximum absolute atomic E-state index is 11.3. The average molecular weight is 335 g/mol. The van der Waals surface area contributed by atoms with Crippen LogP contribution in [-0.2, 0) is 14.3 Å². The lowest BCUT2D eigenvalue weighted by molar-refractivity contribution is 0.238. The maximum atomic E-state index is 11.3. The first-order chi connectivity index (χ1) is 10.4. The van der Waals surface area contributed by atoms with Gasteiger partial charge in [0.1, 0.15) is 0 Å². The zero-order chi connectivity index (χ0) is 15.7. The highest BCUT2D eigenvalue weighted by atomic mass is 32.2. The molecule has 1 aliphatic heterocycles. The van der Waals surface area contributed by atoms with Gasteiger partial charge in [0.05, 0.1) is 30.3 Å². The van der Waals surface area contributed by atoms with Gasteiger partial charge in [0.2, 0.25) is 0 Å². The Morgan fingerprint density at radius 2 is 1.55 bits per heavy atom. The van der Waals surface area contributed by atoms with Crippen LogP contribution in [0.25, 0.3) is 0 Å². The minimum Gasteiger partial charge on any atom is -0.337 e. The first kappa shape index (κ1) is 15.4. The molecule has 2 aromatic rings. The number of para-hydroxylation sites is 2. The number of fused-ring (bicyclic) bond motifs is 2. The Hall–Kier alpha value is -1.50. The van der Waals surface area contributed by atoms with Crippen LogP contribution in [0.1, 0.15) is 6.92 Å². The summed E-state index contributed by atoms with van der Waals surface area (Å²) in [6, 6.07) is 16.2. The van der Waals surface area contributed by atoms with E-state index >= 15 is 0 Å². The fraction of sp³-hybridized carbons (Fsp3) is 0.250. The molecule has 0 amide bonds. The van der Waals surface area contributed by atoms with E-state index in [1.807, 2.05) is 36.4 Å². The van der Waals surface area contributed by atoms with E-state index in [1.165, 1.54) is 0 Å². The smallest absolute Gasteiger partial charge is 0.264 e. The van der Waals surface area contributed by atoms with Crippen LogP contribution in [0.2, 0.25) is 0 Å². The fourth-order valence-electron chi connectivity index (χ4n) is 2.56. The molecule has 2 aromatic carbocycles. The molecule has 1 heterocycles. The monoisotopic (exact) mass is 335 g/mol. The van der Waals surface area contributed by atoms with E-state index in [0.717, 1.165) is 27.4 Å². The van der Waals surface area contributed by atoms with Crippen molar-refractivity contribution in [1.29, 1.82) is 0 Å². The molecule has 0 N–H and O–H groups in total. The molecule has 0 fully saturated rings. The van der Waals surface area contributed by atoms with Gasteiger partial charge < -0.3 is 4.90 Å². The highest BCUT2D eigenvalue weighted by Gasteiger charge is 2.25. The van der Waals surface area contributed by atoms with E-state index in [-0.39, 0.29) is 0 Å². The van der Waals surface area contributed by atoms with Gasteiger partial charge in [0, 0.05) is 9.79 Å². The summed E-state index contributed by atoms with van der Waals surface area (Å²) in [7, 11) is -3.46. The molecule has 6 heteroatoms. The third-order valence-electron chi connectivity index (χ3n) is 3.31. The number of hydrogen-bond donors (Lipinski definition) is 0. The topological polar surface area (TPSA) is 46.6 Å². The molecule has 1 atom stereocenters. The highest BCUT2D eigenvalue weighted by molar-refractivity contribution is 7.99. The summed E-state index contributed by atoms with van der Waals surface area (Å²) in [5, 5.41) is 0. The normalized spacial score (nSPS) is 15.1. The van der Waals surface area contributed by atoms with Crippen LogP contribution in [-0.4, -0.2) is 27.3 Å². The van der Waals surface area contributed by atoms with Crippen molar-refractivity contribution >= 4 is 33.3 Å². The molecule has 1 aliphatic rings. The van der Waals surface area contributed by atoms with Crippen molar-refractivity contribution in [2.45, 2.75) is 22.8 Å². The fourth-order valence-corrected chi connectivity index (χ4v) is 4.32. The van der Waals surface area contributed by atoms with Crippen molar-refractivity contribution < 1.29 is 12.6 Å². The zero-order valence-corrected chi connectivity index (χ0v) is 14.0. The van der Waals surface area contributed by atoms with Crippen molar-refractivity contribution in [3.63, 3.8) is 0 Å². The van der Waals surface area contributed by atoms with Gasteiger partial charge in [0.25, 0.3) is 10.1 Å². The highest BCUT2D eigenvalue weighted by Crippen LogP contribution is 2.47. The van der Waals surface area contributed by atoms with E-state index in [0.29, 0.717) is 6.54 Å². The molecular weight excluding hydrogens is 318 g/mol. The standard InChI is InChI=1S/C16H17NO3S2/c1-12(20-22(2,18)19)11-17-13-7-3-5-9-15(13)21-16-10-6-4-8-14(16)17/h3-10,12H,11H2,1-2H3. The molecule has 0 radical (unpaired) electrons. The van der Waals surface area contributed by atoms with E-state index in [9.17, 15) is 8.42 Å². The number of hydrogen-bond acceptors (Lipinski definition) is 5. The minimum atomic E-state index is -3.46. The molecule has 0 spiro atoms. The summed E-state index contributed by atoms with van der Waals surface area (Å²) in [4.78, 5) is 4.44. The van der Waals surface area contributed by atoms with E-state index in [1.54, 1.807) is 18.7 Å². The lowest BCUT2D eigenvalue weighted by Crippen LogP contribution is -2.31. The molecule has 4 nitrogen and oxygen atoms in total. The molecule has 22 heavy (non-hydrogen) atoms. The molecule has 0 aliphatic carbocycles. The molecule has 3 rings (SSSR count). The van der Waals surface area contributed by atoms with Gasteiger partial charge in [-0.05, 0) is 31.2 Å². The van der Waals surface area contributed by atoms with Crippen molar-refractivity contribution in [3.8, 4) is 0 Å². The molecule has 0 saturated heterocycles. The van der Waals surface area contributed by atoms with Gasteiger partial charge in [-0.2, -0.15) is 8.42 Å². The van der Waals surface area contributed by atoms with Crippen LogP contribution < -0.4 is 4.90 Å². The Morgan fingerprint density at radius 1 is 1.05 bits per heavy atom. The Labute approximate surface area is 135 Å². The molecule has 1 unspecified atom stereocenters. The van der Waals surface area contributed by atoms with Crippen LogP contribution in [0.3, 0.4) is 0 Å². The minimum absolute atomic E-state index is 0.431. The second-order valence-corrected chi connectivity index (χ2v) is 7.94. The first-order valence-corrected chi connectivity index (χ1v) is 9.59. The Balaban J connectivity index is 1.96. The van der Waals surface area contributed by atoms with Crippen LogP contribution in [0, 0.1) is 0 Å². The summed E-state index contributed by atoms with van der Waals surface area (Å²) >= 11 is 1.73. The molecule has 0 bridgehead atoms. The molecule has 0 saturated carbocycles. The van der Waals surface area contributed by atoms with Crippen molar-refractivity contribution in [2.24, 2.45) is 0 Å². The van der Waals surface area contributed by atoms with Gasteiger partial charge in [-0.1, -0.05) is 36.0 Å². The van der Waals surface area contributed by atoms with Crippen LogP contribution in [0.5, 0.6) is 0 Å². The third-order valence-corrected chi connectivity index (χ3v) is 5.12. The second-order valence-electron chi connectivity index (χ2n) is 5.26. The van der Waals surface area contributed by atoms with Gasteiger partial charge in [-0.25, -0.2) is 0 Å². The number of nitrogens with zero attached hydrogens (tertiary/aromatic N) is 1. The third kappa shape index (κ3) is 3.29. The van der Waals surface area contributed by atoms with Crippen LogP contribution >= 0.6 is 11.8 Å². The van der Waals surface area contributed by atoms with Gasteiger partial charge >= 0.3 is 0 Å². The predicted molar refractivity (Wildman–Crippen MR) is 89.4 cm³/mol. The van der Waals surface area contributed by atoms with Crippen molar-refractivity contribution in [2.75, 3.05) is 17.7 Å². The van der Waals surface area contributed by atoms with E-state index in [2.05, 4.69) is 17.0 Å².